The number of fused-ring (bicyclic) bond motifs is 1. The normalized spacial score (nSPS) is 10.2. The lowest BCUT2D eigenvalue weighted by molar-refractivity contribution is -0.593. The first kappa shape index (κ1) is 58.9. The van der Waals surface area contributed by atoms with E-state index in [1.54, 1.807) is 108 Å². The quantitative estimate of drug-likeness (QED) is 0.0471. The highest BCUT2D eigenvalue weighted by atomic mass is 16.6. The fraction of sp³-hybridized carbons (Fsp3) is 0.286. The Kier molecular flexibility index (Phi) is 24.0. The van der Waals surface area contributed by atoms with Crippen LogP contribution in [0, 0.1) is 10.4 Å². The third-order valence-corrected chi connectivity index (χ3v) is 8.75. The van der Waals surface area contributed by atoms with E-state index in [4.69, 9.17) is 15.2 Å². The van der Waals surface area contributed by atoms with E-state index in [9.17, 15) is 24.8 Å². The van der Waals surface area contributed by atoms with Crippen molar-refractivity contribution in [2.75, 3.05) is 5.73 Å². The van der Waals surface area contributed by atoms with E-state index in [0.717, 1.165) is 26.9 Å². The molecule has 0 radical (unpaired) electrons. The second-order valence-electron chi connectivity index (χ2n) is 15.9. The summed E-state index contributed by atoms with van der Waals surface area (Å²) in [7, 11) is 0. The van der Waals surface area contributed by atoms with Crippen molar-refractivity contribution in [2.24, 2.45) is 4.99 Å². The Morgan fingerprint density at radius 3 is 1.39 bits per heavy atom. The maximum absolute atomic E-state index is 13.6. The van der Waals surface area contributed by atoms with Gasteiger partial charge in [-0.1, -0.05) is 152 Å². The molecular weight excluding hydrogens is 897 g/mol. The van der Waals surface area contributed by atoms with Crippen LogP contribution >= 0.6 is 0 Å². The zero-order valence-corrected chi connectivity index (χ0v) is 43.5. The number of rotatable bonds is 6. The van der Waals surface area contributed by atoms with Gasteiger partial charge in [-0.25, -0.2) is 24.5 Å². The van der Waals surface area contributed by atoms with Crippen molar-refractivity contribution in [3.05, 3.63) is 167 Å². The lowest BCUT2D eigenvalue weighted by atomic mass is 9.99. The van der Waals surface area contributed by atoms with Crippen molar-refractivity contribution in [1.29, 1.82) is 0 Å². The molecule has 4 N–H and O–H groups in total. The molecule has 0 aliphatic carbocycles. The maximum Gasteiger partial charge on any atom is 0.414 e. The average Bonchev–Trinajstić information content (AvgIpc) is 3.36. The third kappa shape index (κ3) is 17.7. The largest absolute Gasteiger partial charge is 0.618 e. The summed E-state index contributed by atoms with van der Waals surface area (Å²) < 4.78 is 12.0. The Balaban J connectivity index is 0.000000459. The van der Waals surface area contributed by atoms with Gasteiger partial charge in [0.05, 0.1) is 11.3 Å². The van der Waals surface area contributed by atoms with Crippen LogP contribution in [-0.4, -0.2) is 45.1 Å². The molecule has 0 spiro atoms. The van der Waals surface area contributed by atoms with E-state index >= 15 is 0 Å². The van der Waals surface area contributed by atoms with E-state index < -0.39 is 35.1 Å². The third-order valence-electron chi connectivity index (χ3n) is 8.75. The number of carbonyl (C=O) groups excluding carboxylic acids is 3. The minimum absolute atomic E-state index is 0.0341. The molecule has 3 heterocycles. The predicted molar refractivity (Wildman–Crippen MR) is 286 cm³/mol. The molecule has 3 aromatic heterocycles. The Labute approximate surface area is 419 Å². The second kappa shape index (κ2) is 29.0. The number of carbonyl (C=O) groups is 3. The van der Waals surface area contributed by atoms with Crippen molar-refractivity contribution in [2.45, 2.75) is 108 Å². The molecule has 0 aliphatic rings. The minimum Gasteiger partial charge on any atom is -0.618 e. The number of nitrogen functional groups attached to an aromatic ring is 1. The predicted octanol–water partition coefficient (Wildman–Crippen LogP) is 12.5. The summed E-state index contributed by atoms with van der Waals surface area (Å²) in [6, 6.07) is 39.3. The lowest BCUT2D eigenvalue weighted by Gasteiger charge is -2.22. The van der Waals surface area contributed by atoms with Gasteiger partial charge in [0.2, 0.25) is 17.6 Å². The van der Waals surface area contributed by atoms with Crippen LogP contribution in [0.15, 0.2) is 151 Å². The van der Waals surface area contributed by atoms with E-state index in [2.05, 4.69) is 25.6 Å². The van der Waals surface area contributed by atoms with Gasteiger partial charge in [-0.15, -0.1) is 0 Å². The second-order valence-corrected chi connectivity index (χ2v) is 15.9. The van der Waals surface area contributed by atoms with Gasteiger partial charge in [0.1, 0.15) is 16.7 Å². The molecule has 0 saturated carbocycles. The fourth-order valence-corrected chi connectivity index (χ4v) is 6.25. The molecule has 0 bridgehead atoms. The molecule has 0 saturated heterocycles. The number of hydrogen-bond acceptors (Lipinski definition) is 11. The molecular formula is C56H70N8O7. The summed E-state index contributed by atoms with van der Waals surface area (Å²) >= 11 is 0. The van der Waals surface area contributed by atoms with E-state index in [0.29, 0.717) is 27.1 Å². The molecule has 0 fully saturated rings. The number of amides is 2. The number of ketones is 1. The van der Waals surface area contributed by atoms with Crippen LogP contribution in [0.25, 0.3) is 44.7 Å². The van der Waals surface area contributed by atoms with Crippen LogP contribution < -0.4 is 25.8 Å². The van der Waals surface area contributed by atoms with Gasteiger partial charge in [-0.05, 0) is 65.8 Å². The monoisotopic (exact) mass is 967 g/mol. The SMILES string of the molecule is CC.CC.CC.CC.CC(C)(C)OC(=O)NC(=Nc1c(C(=O)c2ccccc2)cc[n+]([O-])c1-c1ccccc1)NC(=O)OC(C)(C)C.Nc1nc(-c2ccccc2)c2cc[n+]([O-])c(-c3ccccc3)c2n1. The molecule has 4 aromatic carbocycles. The number of alkyl carbamates (subject to hydrolysis) is 2. The summed E-state index contributed by atoms with van der Waals surface area (Å²) in [5.41, 5.74) is 8.53. The molecule has 0 aliphatic heterocycles. The van der Waals surface area contributed by atoms with Crippen LogP contribution in [0.2, 0.25) is 0 Å². The maximum atomic E-state index is 13.6. The first-order valence-electron chi connectivity index (χ1n) is 23.8. The molecule has 2 amide bonds. The van der Waals surface area contributed by atoms with Crippen molar-refractivity contribution in [1.82, 2.24) is 20.6 Å². The van der Waals surface area contributed by atoms with Gasteiger partial charge in [-0.3, -0.25) is 15.4 Å². The van der Waals surface area contributed by atoms with Crippen LogP contribution in [0.4, 0.5) is 21.2 Å². The molecule has 7 rings (SSSR count). The van der Waals surface area contributed by atoms with Crippen molar-refractivity contribution in [3.8, 4) is 33.8 Å². The van der Waals surface area contributed by atoms with Crippen LogP contribution in [0.3, 0.4) is 0 Å². The number of aliphatic imine (C=N–C) groups is 1. The molecule has 15 nitrogen and oxygen atoms in total. The van der Waals surface area contributed by atoms with Crippen molar-refractivity contribution >= 4 is 46.5 Å². The Hall–Kier alpha value is -8.20. The number of hydrogen-bond donors (Lipinski definition) is 3. The number of ether oxygens (including phenoxy) is 2. The molecule has 15 heteroatoms. The highest BCUT2D eigenvalue weighted by Crippen LogP contribution is 2.33. The van der Waals surface area contributed by atoms with Gasteiger partial charge in [0, 0.05) is 39.8 Å². The minimum atomic E-state index is -0.916. The van der Waals surface area contributed by atoms with E-state index in [1.165, 1.54) is 18.5 Å². The Morgan fingerprint density at radius 1 is 0.549 bits per heavy atom. The number of nitrogens with zero attached hydrogens (tertiary/aromatic N) is 5. The Morgan fingerprint density at radius 2 is 0.944 bits per heavy atom. The number of benzene rings is 4. The lowest BCUT2D eigenvalue weighted by Crippen LogP contribution is -2.47. The number of nitrogens with two attached hydrogens (primary N) is 1. The zero-order chi connectivity index (χ0) is 53.3. The number of aromatic nitrogens is 4. The van der Waals surface area contributed by atoms with Gasteiger partial charge in [0.25, 0.3) is 5.69 Å². The van der Waals surface area contributed by atoms with Crippen LogP contribution in [0.1, 0.15) is 113 Å². The zero-order valence-electron chi connectivity index (χ0n) is 43.5. The van der Waals surface area contributed by atoms with Crippen molar-refractivity contribution < 1.29 is 33.3 Å². The summed E-state index contributed by atoms with van der Waals surface area (Å²) in [5, 5.41) is 31.1. The molecule has 376 valence electrons. The standard InChI is InChI=1S/C29H32N4O6.C19H14N4O.4C2H6/c1-28(2,3)38-26(35)31-25(32-27(36)39-29(4,5)6)30-22-21(24(34)20-15-11-8-12-16-20)17-18-33(37)23(22)19-13-9-7-10-14-19;20-19-21-16(13-7-3-1-4-8-13)15-11-12-23(24)18(17(15)22-19)14-9-5-2-6-10-14;4*1-2/h7-18H,1-6H3,(H2,30,31,32,35,36);1-12H,(H2,20,21,22);4*1-2H3. The summed E-state index contributed by atoms with van der Waals surface area (Å²) in [6.07, 6.45) is 0.858. The molecule has 0 unspecified atom stereocenters. The van der Waals surface area contributed by atoms with E-state index in [-0.39, 0.29) is 22.9 Å². The van der Waals surface area contributed by atoms with Crippen LogP contribution in [-0.2, 0) is 9.47 Å². The van der Waals surface area contributed by atoms with Gasteiger partial charge >= 0.3 is 12.2 Å². The highest BCUT2D eigenvalue weighted by Gasteiger charge is 2.27. The first-order valence-corrected chi connectivity index (χ1v) is 23.8. The first-order chi connectivity index (χ1) is 34.0. The molecule has 7 aromatic rings. The highest BCUT2D eigenvalue weighted by molar-refractivity contribution is 6.14. The van der Waals surface area contributed by atoms with Gasteiger partial charge in [0.15, 0.2) is 23.9 Å². The number of anilines is 1. The number of guanidine groups is 1. The van der Waals surface area contributed by atoms with Gasteiger partial charge in [-0.2, -0.15) is 9.46 Å². The summed E-state index contributed by atoms with van der Waals surface area (Å²) in [5.74, 6) is -0.672. The van der Waals surface area contributed by atoms with Gasteiger partial charge < -0.3 is 25.6 Å². The fourth-order valence-electron chi connectivity index (χ4n) is 6.25. The topological polar surface area (TPSA) is 212 Å². The summed E-state index contributed by atoms with van der Waals surface area (Å²) in [6.45, 7) is 26.0. The van der Waals surface area contributed by atoms with Crippen molar-refractivity contribution in [3.63, 3.8) is 0 Å². The smallest absolute Gasteiger partial charge is 0.414 e. The number of nitrogens with one attached hydrogen (secondary N) is 2. The average molecular weight is 967 g/mol. The molecule has 71 heavy (non-hydrogen) atoms. The Bertz CT molecular complexity index is 2750. The molecule has 0 atom stereocenters. The number of pyridine rings is 2. The van der Waals surface area contributed by atoms with Crippen LogP contribution in [0.5, 0.6) is 0 Å². The summed E-state index contributed by atoms with van der Waals surface area (Å²) in [4.78, 5) is 52.0. The van der Waals surface area contributed by atoms with E-state index in [1.807, 2.05) is 116 Å².